The normalized spacial score (nSPS) is 13.5. The van der Waals surface area contributed by atoms with E-state index < -0.39 is 0 Å². The van der Waals surface area contributed by atoms with Crippen LogP contribution >= 0.6 is 0 Å². The largest absolute Gasteiger partial charge is 0.456 e. The lowest BCUT2D eigenvalue weighted by Gasteiger charge is -2.21. The van der Waals surface area contributed by atoms with Gasteiger partial charge in [0.05, 0.1) is 11.0 Å². The number of fused-ring (bicyclic) bond motifs is 7. The van der Waals surface area contributed by atoms with E-state index in [1.54, 1.807) is 0 Å². The molecule has 204 valence electrons. The fourth-order valence-electron chi connectivity index (χ4n) is 7.02. The summed E-state index contributed by atoms with van der Waals surface area (Å²) in [7, 11) is 0. The molecule has 2 aromatic heterocycles. The zero-order valence-electron chi connectivity index (χ0n) is 24.0. The van der Waals surface area contributed by atoms with Crippen LogP contribution in [0.1, 0.15) is 25.0 Å². The molecule has 0 saturated carbocycles. The number of aromatic nitrogens is 2. The van der Waals surface area contributed by atoms with E-state index in [2.05, 4.69) is 140 Å². The minimum absolute atomic E-state index is 0.0485. The lowest BCUT2D eigenvalue weighted by Crippen LogP contribution is -2.14. The van der Waals surface area contributed by atoms with Gasteiger partial charge in [-0.1, -0.05) is 98.8 Å². The van der Waals surface area contributed by atoms with Crippen LogP contribution in [-0.4, -0.2) is 9.55 Å². The van der Waals surface area contributed by atoms with Gasteiger partial charge in [0.25, 0.3) is 0 Å². The molecule has 0 amide bonds. The van der Waals surface area contributed by atoms with E-state index in [9.17, 15) is 0 Å². The van der Waals surface area contributed by atoms with Crippen LogP contribution in [0.2, 0.25) is 0 Å². The minimum atomic E-state index is -0.0485. The SMILES string of the molecule is CC1(C)c2ccccc2-c2cc3c(cc21)oc1cc(-c2ccc(-c4nc5ccccc5n4-c4ccccc4)cc2)ccc13. The second-order valence-electron chi connectivity index (χ2n) is 12.0. The Bertz CT molecular complexity index is 2360. The van der Waals surface area contributed by atoms with Gasteiger partial charge in [-0.2, -0.15) is 0 Å². The van der Waals surface area contributed by atoms with Crippen molar-refractivity contribution in [1.29, 1.82) is 0 Å². The van der Waals surface area contributed by atoms with E-state index >= 15 is 0 Å². The number of imidazole rings is 1. The van der Waals surface area contributed by atoms with Crippen molar-refractivity contribution in [2.45, 2.75) is 19.3 Å². The molecule has 9 rings (SSSR count). The molecule has 0 atom stereocenters. The molecule has 2 heterocycles. The van der Waals surface area contributed by atoms with E-state index in [4.69, 9.17) is 9.40 Å². The summed E-state index contributed by atoms with van der Waals surface area (Å²) in [5.74, 6) is 0.934. The average Bonchev–Trinajstić information content (AvgIpc) is 3.68. The first-order chi connectivity index (χ1) is 21.1. The Morgan fingerprint density at radius 2 is 1.26 bits per heavy atom. The maximum atomic E-state index is 6.51. The van der Waals surface area contributed by atoms with Crippen LogP contribution < -0.4 is 0 Å². The number of nitrogens with zero attached hydrogens (tertiary/aromatic N) is 2. The van der Waals surface area contributed by atoms with Crippen LogP contribution in [0.5, 0.6) is 0 Å². The molecular formula is C40H28N2O. The third-order valence-corrected chi connectivity index (χ3v) is 9.23. The Morgan fingerprint density at radius 1 is 0.558 bits per heavy atom. The maximum absolute atomic E-state index is 6.51. The van der Waals surface area contributed by atoms with Gasteiger partial charge in [-0.3, -0.25) is 4.57 Å². The molecule has 1 aliphatic carbocycles. The van der Waals surface area contributed by atoms with Crippen LogP contribution in [0.4, 0.5) is 0 Å². The van der Waals surface area contributed by atoms with Crippen LogP contribution in [-0.2, 0) is 5.41 Å². The van der Waals surface area contributed by atoms with Gasteiger partial charge in [0, 0.05) is 27.4 Å². The molecule has 0 aliphatic heterocycles. The maximum Gasteiger partial charge on any atom is 0.145 e. The number of hydrogen-bond acceptors (Lipinski definition) is 2. The highest BCUT2D eigenvalue weighted by atomic mass is 16.3. The molecule has 43 heavy (non-hydrogen) atoms. The van der Waals surface area contributed by atoms with Gasteiger partial charge in [0.15, 0.2) is 0 Å². The van der Waals surface area contributed by atoms with Crippen molar-refractivity contribution in [2.75, 3.05) is 0 Å². The van der Waals surface area contributed by atoms with Gasteiger partial charge in [-0.15, -0.1) is 0 Å². The fourth-order valence-corrected chi connectivity index (χ4v) is 7.02. The third-order valence-electron chi connectivity index (χ3n) is 9.23. The molecule has 3 nitrogen and oxygen atoms in total. The lowest BCUT2D eigenvalue weighted by molar-refractivity contribution is 0.647. The lowest BCUT2D eigenvalue weighted by atomic mass is 9.82. The van der Waals surface area contributed by atoms with E-state index in [0.717, 1.165) is 55.8 Å². The van der Waals surface area contributed by atoms with Crippen LogP contribution in [0.3, 0.4) is 0 Å². The summed E-state index contributed by atoms with van der Waals surface area (Å²) < 4.78 is 8.75. The summed E-state index contributed by atoms with van der Waals surface area (Å²) in [4.78, 5) is 5.03. The predicted molar refractivity (Wildman–Crippen MR) is 177 cm³/mol. The summed E-state index contributed by atoms with van der Waals surface area (Å²) in [5, 5.41) is 2.32. The average molecular weight is 553 g/mol. The van der Waals surface area contributed by atoms with E-state index in [0.29, 0.717) is 0 Å². The Morgan fingerprint density at radius 3 is 2.12 bits per heavy atom. The van der Waals surface area contributed by atoms with E-state index in [1.165, 1.54) is 27.6 Å². The molecule has 0 radical (unpaired) electrons. The first kappa shape index (κ1) is 24.2. The van der Waals surface area contributed by atoms with Gasteiger partial charge >= 0.3 is 0 Å². The van der Waals surface area contributed by atoms with Gasteiger partial charge in [-0.25, -0.2) is 4.98 Å². The van der Waals surface area contributed by atoms with Crippen LogP contribution in [0, 0.1) is 0 Å². The second kappa shape index (κ2) is 8.80. The van der Waals surface area contributed by atoms with Crippen LogP contribution in [0.15, 0.2) is 138 Å². The Balaban J connectivity index is 1.12. The number of rotatable bonds is 3. The highest BCUT2D eigenvalue weighted by molar-refractivity contribution is 6.08. The number of furan rings is 1. The highest BCUT2D eigenvalue weighted by Crippen LogP contribution is 2.50. The summed E-state index contributed by atoms with van der Waals surface area (Å²) in [6.07, 6.45) is 0. The van der Waals surface area contributed by atoms with Crippen molar-refractivity contribution in [3.63, 3.8) is 0 Å². The monoisotopic (exact) mass is 552 g/mol. The van der Waals surface area contributed by atoms with E-state index in [-0.39, 0.29) is 5.41 Å². The number of para-hydroxylation sites is 3. The molecule has 3 heteroatoms. The zero-order chi connectivity index (χ0) is 28.7. The molecule has 0 saturated heterocycles. The number of hydrogen-bond donors (Lipinski definition) is 0. The summed E-state index contributed by atoms with van der Waals surface area (Å²) in [6, 6.07) is 47.4. The molecule has 1 aliphatic rings. The van der Waals surface area contributed by atoms with Gasteiger partial charge in [0.1, 0.15) is 17.0 Å². The van der Waals surface area contributed by atoms with Crippen molar-refractivity contribution < 1.29 is 4.42 Å². The summed E-state index contributed by atoms with van der Waals surface area (Å²) >= 11 is 0. The van der Waals surface area contributed by atoms with Crippen molar-refractivity contribution in [3.8, 4) is 39.3 Å². The van der Waals surface area contributed by atoms with Crippen molar-refractivity contribution in [2.24, 2.45) is 0 Å². The minimum Gasteiger partial charge on any atom is -0.456 e. The van der Waals surface area contributed by atoms with Crippen molar-refractivity contribution >= 4 is 33.0 Å². The smallest absolute Gasteiger partial charge is 0.145 e. The molecular weight excluding hydrogens is 524 g/mol. The molecule has 8 aromatic rings. The molecule has 0 spiro atoms. The molecule has 0 unspecified atom stereocenters. The van der Waals surface area contributed by atoms with Gasteiger partial charge in [-0.05, 0) is 81.9 Å². The zero-order valence-corrected chi connectivity index (χ0v) is 24.0. The summed E-state index contributed by atoms with van der Waals surface area (Å²) in [5.41, 5.74) is 13.7. The van der Waals surface area contributed by atoms with Crippen LogP contribution in [0.25, 0.3) is 72.3 Å². The fraction of sp³-hybridized carbons (Fsp3) is 0.0750. The van der Waals surface area contributed by atoms with E-state index in [1.807, 2.05) is 12.1 Å². The quantitative estimate of drug-likeness (QED) is 0.218. The second-order valence-corrected chi connectivity index (χ2v) is 12.0. The topological polar surface area (TPSA) is 31.0 Å². The standard InChI is InChI=1S/C40H28N2O/c1-40(2)33-13-7-6-12-29(33)31-23-32-30-21-20-27(22-37(30)43-38(32)24-34(31)40)25-16-18-26(19-17-25)39-41-35-14-8-9-15-36(35)42(39)28-10-4-3-5-11-28/h3-24H,1-2H3. The molecule has 0 N–H and O–H groups in total. The Hall–Kier alpha value is -5.41. The Kier molecular flexibility index (Phi) is 4.95. The van der Waals surface area contributed by atoms with Crippen molar-refractivity contribution in [3.05, 3.63) is 145 Å². The predicted octanol–water partition coefficient (Wildman–Crippen LogP) is 10.6. The first-order valence-corrected chi connectivity index (χ1v) is 14.8. The molecule has 0 fully saturated rings. The molecule has 6 aromatic carbocycles. The summed E-state index contributed by atoms with van der Waals surface area (Å²) in [6.45, 7) is 4.62. The Labute approximate surface area is 249 Å². The van der Waals surface area contributed by atoms with Gasteiger partial charge < -0.3 is 4.42 Å². The highest BCUT2D eigenvalue weighted by Gasteiger charge is 2.36. The van der Waals surface area contributed by atoms with Gasteiger partial charge in [0.2, 0.25) is 0 Å². The van der Waals surface area contributed by atoms with Crippen molar-refractivity contribution in [1.82, 2.24) is 9.55 Å². The number of benzene rings is 6. The third kappa shape index (κ3) is 3.52. The first-order valence-electron chi connectivity index (χ1n) is 14.8. The molecule has 0 bridgehead atoms.